The maximum absolute atomic E-state index is 9.53. The van der Waals surface area contributed by atoms with Crippen molar-refractivity contribution < 1.29 is 5.11 Å². The van der Waals surface area contributed by atoms with E-state index in [1.807, 2.05) is 0 Å². The van der Waals surface area contributed by atoms with Crippen LogP contribution in [-0.2, 0) is 0 Å². The topological polar surface area (TPSA) is 35.5 Å². The highest BCUT2D eigenvalue weighted by Gasteiger charge is 2.22. The van der Waals surface area contributed by atoms with Crippen LogP contribution in [0.2, 0.25) is 0 Å². The van der Waals surface area contributed by atoms with Gasteiger partial charge in [-0.05, 0) is 45.9 Å². The number of nitrogens with zero attached hydrogens (tertiary/aromatic N) is 1. The lowest BCUT2D eigenvalue weighted by molar-refractivity contribution is 0.169. The van der Waals surface area contributed by atoms with E-state index in [1.165, 1.54) is 11.3 Å². The number of nitrogens with one attached hydrogen (secondary N) is 1. The molecule has 1 rings (SSSR count). The minimum atomic E-state index is -0.188. The Morgan fingerprint density at radius 2 is 1.84 bits per heavy atom. The van der Waals surface area contributed by atoms with Gasteiger partial charge in [-0.3, -0.25) is 0 Å². The first-order valence-electron chi connectivity index (χ1n) is 7.22. The second-order valence-electron chi connectivity index (χ2n) is 5.41. The van der Waals surface area contributed by atoms with E-state index in [4.69, 9.17) is 0 Å². The summed E-state index contributed by atoms with van der Waals surface area (Å²) in [5.41, 5.74) is 2.35. The molecule has 1 unspecified atom stereocenters. The van der Waals surface area contributed by atoms with E-state index in [0.717, 1.165) is 26.1 Å². The third kappa shape index (κ3) is 4.84. The van der Waals surface area contributed by atoms with E-state index < -0.39 is 0 Å². The van der Waals surface area contributed by atoms with Gasteiger partial charge >= 0.3 is 0 Å². The van der Waals surface area contributed by atoms with Gasteiger partial charge in [-0.1, -0.05) is 24.6 Å². The van der Waals surface area contributed by atoms with Crippen molar-refractivity contribution in [2.75, 3.05) is 31.1 Å². The number of aryl methyl sites for hydroxylation is 1. The SMILES string of the molecule is CCNC(C)(CO)CCN(CC)c1ccc(C)cc1. The van der Waals surface area contributed by atoms with Gasteiger partial charge in [0.05, 0.1) is 6.61 Å². The molecule has 108 valence electrons. The summed E-state index contributed by atoms with van der Waals surface area (Å²) in [5, 5.41) is 12.9. The third-order valence-corrected chi connectivity index (χ3v) is 3.67. The molecule has 0 heterocycles. The molecule has 1 aromatic carbocycles. The zero-order chi connectivity index (χ0) is 14.3. The van der Waals surface area contributed by atoms with Gasteiger partial charge < -0.3 is 15.3 Å². The summed E-state index contributed by atoms with van der Waals surface area (Å²) < 4.78 is 0. The second kappa shape index (κ2) is 7.51. The molecular formula is C16H28N2O. The Morgan fingerprint density at radius 1 is 1.21 bits per heavy atom. The summed E-state index contributed by atoms with van der Waals surface area (Å²) in [6, 6.07) is 8.63. The summed E-state index contributed by atoms with van der Waals surface area (Å²) in [7, 11) is 0. The van der Waals surface area contributed by atoms with E-state index in [-0.39, 0.29) is 12.1 Å². The number of anilines is 1. The molecule has 19 heavy (non-hydrogen) atoms. The maximum atomic E-state index is 9.53. The molecule has 0 saturated heterocycles. The quantitative estimate of drug-likeness (QED) is 0.757. The van der Waals surface area contributed by atoms with Gasteiger partial charge in [0.25, 0.3) is 0 Å². The molecule has 0 aliphatic heterocycles. The van der Waals surface area contributed by atoms with Crippen LogP contribution in [0.4, 0.5) is 5.69 Å². The smallest absolute Gasteiger partial charge is 0.0611 e. The second-order valence-corrected chi connectivity index (χ2v) is 5.41. The van der Waals surface area contributed by atoms with Crippen molar-refractivity contribution in [1.82, 2.24) is 5.32 Å². The molecule has 0 bridgehead atoms. The first-order chi connectivity index (χ1) is 9.04. The number of hydrogen-bond donors (Lipinski definition) is 2. The zero-order valence-corrected chi connectivity index (χ0v) is 12.7. The molecule has 0 amide bonds. The lowest BCUT2D eigenvalue weighted by Gasteiger charge is -2.32. The van der Waals surface area contributed by atoms with Crippen LogP contribution >= 0.6 is 0 Å². The predicted octanol–water partition coefficient (Wildman–Crippen LogP) is 2.57. The van der Waals surface area contributed by atoms with Crippen LogP contribution < -0.4 is 10.2 Å². The van der Waals surface area contributed by atoms with Crippen molar-refractivity contribution in [3.05, 3.63) is 29.8 Å². The lowest BCUT2D eigenvalue weighted by atomic mass is 9.98. The highest BCUT2D eigenvalue weighted by molar-refractivity contribution is 5.47. The fourth-order valence-corrected chi connectivity index (χ4v) is 2.26. The molecular weight excluding hydrogens is 236 g/mol. The Labute approximate surface area is 117 Å². The molecule has 0 aliphatic carbocycles. The average Bonchev–Trinajstić information content (AvgIpc) is 2.41. The first kappa shape index (κ1) is 16.0. The molecule has 3 heteroatoms. The van der Waals surface area contributed by atoms with Gasteiger partial charge in [0.2, 0.25) is 0 Å². The number of hydrogen-bond acceptors (Lipinski definition) is 3. The standard InChI is InChI=1S/C16H28N2O/c1-5-17-16(4,13-19)11-12-18(6-2)15-9-7-14(3)8-10-15/h7-10,17,19H,5-6,11-13H2,1-4H3. The van der Waals surface area contributed by atoms with Crippen molar-refractivity contribution >= 4 is 5.69 Å². The largest absolute Gasteiger partial charge is 0.394 e. The highest BCUT2D eigenvalue weighted by Crippen LogP contribution is 2.17. The van der Waals surface area contributed by atoms with Gasteiger partial charge in [-0.25, -0.2) is 0 Å². The first-order valence-corrected chi connectivity index (χ1v) is 7.22. The Balaban J connectivity index is 2.64. The lowest BCUT2D eigenvalue weighted by Crippen LogP contribution is -2.48. The molecule has 1 aromatic rings. The normalized spacial score (nSPS) is 14.2. The molecule has 0 aromatic heterocycles. The number of aliphatic hydroxyl groups is 1. The molecule has 0 aliphatic rings. The molecule has 1 atom stereocenters. The third-order valence-electron chi connectivity index (χ3n) is 3.67. The van der Waals surface area contributed by atoms with E-state index in [9.17, 15) is 5.11 Å². The van der Waals surface area contributed by atoms with Gasteiger partial charge in [0.1, 0.15) is 0 Å². The summed E-state index contributed by atoms with van der Waals surface area (Å²) >= 11 is 0. The van der Waals surface area contributed by atoms with Crippen molar-refractivity contribution in [3.8, 4) is 0 Å². The molecule has 0 fully saturated rings. The highest BCUT2D eigenvalue weighted by atomic mass is 16.3. The summed E-state index contributed by atoms with van der Waals surface area (Å²) in [4.78, 5) is 2.35. The molecule has 0 radical (unpaired) electrons. The van der Waals surface area contributed by atoms with Crippen LogP contribution in [0.5, 0.6) is 0 Å². The summed E-state index contributed by atoms with van der Waals surface area (Å²) in [6.45, 7) is 11.4. The van der Waals surface area contributed by atoms with Crippen molar-refractivity contribution in [1.29, 1.82) is 0 Å². The van der Waals surface area contributed by atoms with Gasteiger partial charge in [0.15, 0.2) is 0 Å². The molecule has 0 saturated carbocycles. The monoisotopic (exact) mass is 264 g/mol. The fourth-order valence-electron chi connectivity index (χ4n) is 2.26. The van der Waals surface area contributed by atoms with E-state index >= 15 is 0 Å². The number of rotatable bonds is 8. The predicted molar refractivity (Wildman–Crippen MR) is 82.9 cm³/mol. The molecule has 2 N–H and O–H groups in total. The van der Waals surface area contributed by atoms with Crippen LogP contribution in [0, 0.1) is 6.92 Å². The van der Waals surface area contributed by atoms with Gasteiger partial charge in [-0.2, -0.15) is 0 Å². The van der Waals surface area contributed by atoms with E-state index in [1.54, 1.807) is 0 Å². The van der Waals surface area contributed by atoms with Crippen molar-refractivity contribution in [2.24, 2.45) is 0 Å². The van der Waals surface area contributed by atoms with Gasteiger partial charge in [0, 0.05) is 24.3 Å². The van der Waals surface area contributed by atoms with E-state index in [2.05, 4.69) is 62.2 Å². The number of likely N-dealkylation sites (N-methyl/N-ethyl adjacent to an activating group) is 1. The maximum Gasteiger partial charge on any atom is 0.0611 e. The number of benzene rings is 1. The van der Waals surface area contributed by atoms with Crippen LogP contribution in [0.25, 0.3) is 0 Å². The number of aliphatic hydroxyl groups excluding tert-OH is 1. The Bertz CT molecular complexity index is 364. The minimum Gasteiger partial charge on any atom is -0.394 e. The minimum absolute atomic E-state index is 0.173. The van der Waals surface area contributed by atoms with Crippen LogP contribution in [0.1, 0.15) is 32.8 Å². The van der Waals surface area contributed by atoms with Crippen molar-refractivity contribution in [3.63, 3.8) is 0 Å². The molecule has 0 spiro atoms. The Hall–Kier alpha value is -1.06. The van der Waals surface area contributed by atoms with Gasteiger partial charge in [-0.15, -0.1) is 0 Å². The Morgan fingerprint density at radius 3 is 2.32 bits per heavy atom. The van der Waals surface area contributed by atoms with Crippen LogP contribution in [-0.4, -0.2) is 36.9 Å². The fraction of sp³-hybridized carbons (Fsp3) is 0.625. The zero-order valence-electron chi connectivity index (χ0n) is 12.7. The average molecular weight is 264 g/mol. The summed E-state index contributed by atoms with van der Waals surface area (Å²) in [6.07, 6.45) is 0.930. The van der Waals surface area contributed by atoms with Crippen LogP contribution in [0.15, 0.2) is 24.3 Å². The molecule has 3 nitrogen and oxygen atoms in total. The Kier molecular flexibility index (Phi) is 6.32. The van der Waals surface area contributed by atoms with Crippen molar-refractivity contribution in [2.45, 2.75) is 39.7 Å². The van der Waals surface area contributed by atoms with Crippen LogP contribution in [0.3, 0.4) is 0 Å². The van der Waals surface area contributed by atoms with E-state index in [0.29, 0.717) is 0 Å². The summed E-state index contributed by atoms with van der Waals surface area (Å²) in [5.74, 6) is 0.